The van der Waals surface area contributed by atoms with Gasteiger partial charge < -0.3 is 5.32 Å². The fourth-order valence-electron chi connectivity index (χ4n) is 1.69. The molecule has 0 heterocycles. The van der Waals surface area contributed by atoms with Gasteiger partial charge in [0.25, 0.3) is 0 Å². The smallest absolute Gasteiger partial charge is 0.240 e. The zero-order valence-corrected chi connectivity index (χ0v) is 14.3. The maximum atomic E-state index is 12.2. The van der Waals surface area contributed by atoms with Gasteiger partial charge in [-0.15, -0.1) is 0 Å². The molecule has 0 bridgehead atoms. The summed E-state index contributed by atoms with van der Waals surface area (Å²) < 4.78 is 27.1. The molecule has 1 unspecified atom stereocenters. The number of sulfonamides is 1. The van der Waals surface area contributed by atoms with E-state index in [-0.39, 0.29) is 10.9 Å². The van der Waals surface area contributed by atoms with Crippen LogP contribution in [0.15, 0.2) is 23.1 Å². The standard InChI is InChI=1S/C13H21ClN2O2S2/c1-4-19-9-10(2)16-20(17,18)12-6-5-11(8-15-3)13(14)7-12/h5-7,10,15-16H,4,8-9H2,1-3H3. The van der Waals surface area contributed by atoms with Crippen molar-refractivity contribution in [3.63, 3.8) is 0 Å². The quantitative estimate of drug-likeness (QED) is 0.765. The van der Waals surface area contributed by atoms with Crippen molar-refractivity contribution in [3.8, 4) is 0 Å². The fraction of sp³-hybridized carbons (Fsp3) is 0.538. The molecule has 0 amide bonds. The molecule has 1 atom stereocenters. The van der Waals surface area contributed by atoms with Gasteiger partial charge >= 0.3 is 0 Å². The average molecular weight is 337 g/mol. The van der Waals surface area contributed by atoms with Crippen LogP contribution in [0.1, 0.15) is 19.4 Å². The summed E-state index contributed by atoms with van der Waals surface area (Å²) in [4.78, 5) is 0.204. The highest BCUT2D eigenvalue weighted by atomic mass is 35.5. The van der Waals surface area contributed by atoms with E-state index in [9.17, 15) is 8.42 Å². The minimum Gasteiger partial charge on any atom is -0.316 e. The molecule has 0 aromatic heterocycles. The summed E-state index contributed by atoms with van der Waals surface area (Å²) in [6, 6.07) is 4.70. The third-order valence-corrected chi connectivity index (χ3v) is 5.71. The van der Waals surface area contributed by atoms with Crippen molar-refractivity contribution >= 4 is 33.4 Å². The Morgan fingerprint density at radius 2 is 2.10 bits per heavy atom. The molecule has 7 heteroatoms. The first-order chi connectivity index (χ1) is 9.40. The van der Waals surface area contributed by atoms with Gasteiger partial charge in [-0.3, -0.25) is 0 Å². The van der Waals surface area contributed by atoms with Gasteiger partial charge in [0.15, 0.2) is 0 Å². The zero-order chi connectivity index (χ0) is 15.2. The SMILES string of the molecule is CCSCC(C)NS(=O)(=O)c1ccc(CNC)c(Cl)c1. The van der Waals surface area contributed by atoms with Crippen molar-refractivity contribution in [1.82, 2.24) is 10.0 Å². The third kappa shape index (κ3) is 5.26. The average Bonchev–Trinajstić information content (AvgIpc) is 2.38. The Morgan fingerprint density at radius 3 is 2.65 bits per heavy atom. The lowest BCUT2D eigenvalue weighted by Crippen LogP contribution is -2.34. The molecule has 0 saturated heterocycles. The van der Waals surface area contributed by atoms with E-state index in [0.717, 1.165) is 17.1 Å². The first-order valence-corrected chi connectivity index (χ1v) is 9.45. The van der Waals surface area contributed by atoms with E-state index in [1.165, 1.54) is 6.07 Å². The molecule has 20 heavy (non-hydrogen) atoms. The zero-order valence-electron chi connectivity index (χ0n) is 11.9. The van der Waals surface area contributed by atoms with Crippen LogP contribution in [-0.2, 0) is 16.6 Å². The molecule has 0 saturated carbocycles. The van der Waals surface area contributed by atoms with Gasteiger partial charge in [-0.25, -0.2) is 13.1 Å². The number of rotatable bonds is 8. The molecular formula is C13H21ClN2O2S2. The minimum atomic E-state index is -3.51. The summed E-state index contributed by atoms with van der Waals surface area (Å²) in [5.74, 6) is 1.72. The number of nitrogens with one attached hydrogen (secondary N) is 2. The molecule has 0 fully saturated rings. The second-order valence-electron chi connectivity index (χ2n) is 4.47. The maximum Gasteiger partial charge on any atom is 0.240 e. The van der Waals surface area contributed by atoms with Crippen molar-refractivity contribution in [2.24, 2.45) is 0 Å². The number of benzene rings is 1. The van der Waals surface area contributed by atoms with Gasteiger partial charge in [-0.1, -0.05) is 24.6 Å². The highest BCUT2D eigenvalue weighted by molar-refractivity contribution is 7.99. The van der Waals surface area contributed by atoms with Gasteiger partial charge in [-0.2, -0.15) is 11.8 Å². The highest BCUT2D eigenvalue weighted by Gasteiger charge is 2.18. The van der Waals surface area contributed by atoms with Crippen LogP contribution in [0.3, 0.4) is 0 Å². The van der Waals surface area contributed by atoms with Gasteiger partial charge in [-0.05, 0) is 37.4 Å². The topological polar surface area (TPSA) is 58.2 Å². The number of thioether (sulfide) groups is 1. The van der Waals surface area contributed by atoms with Crippen molar-refractivity contribution in [1.29, 1.82) is 0 Å². The molecule has 0 aliphatic heterocycles. The first kappa shape index (κ1) is 17.8. The lowest BCUT2D eigenvalue weighted by atomic mass is 10.2. The van der Waals surface area contributed by atoms with Crippen LogP contribution < -0.4 is 10.0 Å². The van der Waals surface area contributed by atoms with Crippen molar-refractivity contribution in [2.45, 2.75) is 31.3 Å². The van der Waals surface area contributed by atoms with E-state index < -0.39 is 10.0 Å². The van der Waals surface area contributed by atoms with Crippen molar-refractivity contribution in [2.75, 3.05) is 18.6 Å². The fourth-order valence-corrected chi connectivity index (χ4v) is 4.05. The van der Waals surface area contributed by atoms with Crippen molar-refractivity contribution in [3.05, 3.63) is 28.8 Å². The van der Waals surface area contributed by atoms with Gasteiger partial charge in [0, 0.05) is 23.4 Å². The molecule has 2 N–H and O–H groups in total. The molecule has 114 valence electrons. The number of hydrogen-bond acceptors (Lipinski definition) is 4. The Morgan fingerprint density at radius 1 is 1.40 bits per heavy atom. The number of halogens is 1. The van der Waals surface area contributed by atoms with Crippen LogP contribution in [0.2, 0.25) is 5.02 Å². The van der Waals surface area contributed by atoms with Crippen LogP contribution in [0.4, 0.5) is 0 Å². The summed E-state index contributed by atoms with van der Waals surface area (Å²) in [6.45, 7) is 4.51. The van der Waals surface area contributed by atoms with E-state index in [2.05, 4.69) is 10.0 Å². The van der Waals surface area contributed by atoms with E-state index >= 15 is 0 Å². The monoisotopic (exact) mass is 336 g/mol. The Labute approximate surface area is 130 Å². The van der Waals surface area contributed by atoms with E-state index in [0.29, 0.717) is 11.6 Å². The van der Waals surface area contributed by atoms with E-state index in [4.69, 9.17) is 11.6 Å². The van der Waals surface area contributed by atoms with Crippen LogP contribution >= 0.6 is 23.4 Å². The van der Waals surface area contributed by atoms with Crippen molar-refractivity contribution < 1.29 is 8.42 Å². The van der Waals surface area contributed by atoms with E-state index in [1.54, 1.807) is 23.9 Å². The normalized spacial score (nSPS) is 13.4. The second-order valence-corrected chi connectivity index (χ2v) is 7.91. The third-order valence-electron chi connectivity index (χ3n) is 2.63. The first-order valence-electron chi connectivity index (χ1n) is 6.43. The molecule has 1 aromatic rings. The lowest BCUT2D eigenvalue weighted by Gasteiger charge is -2.14. The Balaban J connectivity index is 2.84. The highest BCUT2D eigenvalue weighted by Crippen LogP contribution is 2.21. The Hall–Kier alpha value is -0.270. The summed E-state index contributed by atoms with van der Waals surface area (Å²) in [7, 11) is -1.70. The van der Waals surface area contributed by atoms with E-state index in [1.807, 2.05) is 20.9 Å². The van der Waals surface area contributed by atoms with Crippen LogP contribution in [-0.4, -0.2) is 33.0 Å². The van der Waals surface area contributed by atoms with Gasteiger partial charge in [0.05, 0.1) is 4.90 Å². The van der Waals surface area contributed by atoms with Crippen LogP contribution in [0.25, 0.3) is 0 Å². The molecule has 4 nitrogen and oxygen atoms in total. The summed E-state index contributed by atoms with van der Waals surface area (Å²) in [5.41, 5.74) is 0.878. The van der Waals surface area contributed by atoms with Gasteiger partial charge in [0.1, 0.15) is 0 Å². The molecule has 0 aliphatic rings. The molecule has 1 rings (SSSR count). The lowest BCUT2D eigenvalue weighted by molar-refractivity contribution is 0.571. The summed E-state index contributed by atoms with van der Waals surface area (Å²) >= 11 is 7.80. The minimum absolute atomic E-state index is 0.110. The molecule has 0 radical (unpaired) electrons. The van der Waals surface area contributed by atoms with Crippen LogP contribution in [0.5, 0.6) is 0 Å². The molecule has 0 aliphatic carbocycles. The predicted molar refractivity (Wildman–Crippen MR) is 87.0 cm³/mol. The van der Waals surface area contributed by atoms with Gasteiger partial charge in [0.2, 0.25) is 10.0 Å². The summed E-state index contributed by atoms with van der Waals surface area (Å²) in [6.07, 6.45) is 0. The summed E-state index contributed by atoms with van der Waals surface area (Å²) in [5, 5.41) is 3.44. The molecule has 1 aromatic carbocycles. The van der Waals surface area contributed by atoms with Crippen LogP contribution in [0, 0.1) is 0 Å². The Kier molecular flexibility index (Phi) is 7.33. The number of hydrogen-bond donors (Lipinski definition) is 2. The predicted octanol–water partition coefficient (Wildman–Crippen LogP) is 2.48. The molecule has 0 spiro atoms. The second kappa shape index (κ2) is 8.24. The maximum absolute atomic E-state index is 12.2. The molecular weight excluding hydrogens is 316 g/mol. The largest absolute Gasteiger partial charge is 0.316 e. The Bertz CT molecular complexity index is 535.